The fourth-order valence-electron chi connectivity index (χ4n) is 4.43. The van der Waals surface area contributed by atoms with E-state index in [4.69, 9.17) is 4.42 Å². The van der Waals surface area contributed by atoms with Gasteiger partial charge in [-0.2, -0.15) is 4.31 Å². The molecule has 170 valence electrons. The molecule has 1 aliphatic heterocycles. The molecular formula is C24H29N3O4S. The molecule has 0 saturated heterocycles. The molecule has 3 aromatic rings. The normalized spacial score (nSPS) is 13.7. The van der Waals surface area contributed by atoms with Crippen LogP contribution in [0.4, 0.5) is 5.69 Å². The van der Waals surface area contributed by atoms with Crippen molar-refractivity contribution < 1.29 is 17.6 Å². The zero-order chi connectivity index (χ0) is 23.0. The number of nitrogens with zero attached hydrogens (tertiary/aromatic N) is 3. The molecule has 4 rings (SSSR count). The molecule has 0 aliphatic carbocycles. The third-order valence-electron chi connectivity index (χ3n) is 6.23. The maximum absolute atomic E-state index is 13.4. The van der Waals surface area contributed by atoms with Crippen LogP contribution in [0.3, 0.4) is 0 Å². The lowest BCUT2D eigenvalue weighted by Crippen LogP contribution is -2.31. The third kappa shape index (κ3) is 3.78. The van der Waals surface area contributed by atoms with E-state index in [1.807, 2.05) is 45.9 Å². The predicted octanol–water partition coefficient (Wildman–Crippen LogP) is 3.98. The van der Waals surface area contributed by atoms with Crippen molar-refractivity contribution in [3.05, 3.63) is 70.9 Å². The van der Waals surface area contributed by atoms with Gasteiger partial charge in [0.1, 0.15) is 5.76 Å². The van der Waals surface area contributed by atoms with Crippen LogP contribution in [-0.2, 0) is 23.0 Å². The predicted molar refractivity (Wildman–Crippen MR) is 124 cm³/mol. The second-order valence-electron chi connectivity index (χ2n) is 8.04. The molecule has 2 aromatic heterocycles. The van der Waals surface area contributed by atoms with E-state index in [1.54, 1.807) is 29.4 Å². The van der Waals surface area contributed by atoms with Gasteiger partial charge in [-0.05, 0) is 62.2 Å². The first-order valence-electron chi connectivity index (χ1n) is 10.9. The third-order valence-corrected chi connectivity index (χ3v) is 8.28. The molecule has 0 spiro atoms. The number of sulfonamides is 1. The Balaban J connectivity index is 1.62. The number of rotatable bonds is 7. The van der Waals surface area contributed by atoms with E-state index in [0.29, 0.717) is 38.2 Å². The minimum atomic E-state index is -3.53. The second kappa shape index (κ2) is 8.60. The summed E-state index contributed by atoms with van der Waals surface area (Å²) in [6, 6.07) is 10.8. The number of hydrogen-bond acceptors (Lipinski definition) is 4. The van der Waals surface area contributed by atoms with Crippen LogP contribution in [-0.4, -0.2) is 42.8 Å². The highest BCUT2D eigenvalue weighted by Gasteiger charge is 2.30. The highest BCUT2D eigenvalue weighted by molar-refractivity contribution is 7.89. The Morgan fingerprint density at radius 3 is 2.53 bits per heavy atom. The van der Waals surface area contributed by atoms with Gasteiger partial charge in [0.15, 0.2) is 0 Å². The number of amides is 1. The molecule has 0 atom stereocenters. The van der Waals surface area contributed by atoms with Crippen molar-refractivity contribution in [2.24, 2.45) is 0 Å². The number of aromatic nitrogens is 1. The SMILES string of the molecule is CCN(CC)S(=O)(=O)c1ccc2c(c1)CCN2C(=O)c1cc(C)n(Cc2ccco2)c1C. The molecule has 1 aliphatic rings. The lowest BCUT2D eigenvalue weighted by atomic mass is 10.1. The summed E-state index contributed by atoms with van der Waals surface area (Å²) in [6.07, 6.45) is 2.28. The molecule has 0 saturated carbocycles. The maximum atomic E-state index is 13.4. The van der Waals surface area contributed by atoms with Gasteiger partial charge < -0.3 is 13.9 Å². The summed E-state index contributed by atoms with van der Waals surface area (Å²) in [4.78, 5) is 15.5. The Hall–Kier alpha value is -2.84. The van der Waals surface area contributed by atoms with Crippen molar-refractivity contribution in [2.75, 3.05) is 24.5 Å². The maximum Gasteiger partial charge on any atom is 0.260 e. The first kappa shape index (κ1) is 22.4. The highest BCUT2D eigenvalue weighted by Crippen LogP contribution is 2.33. The van der Waals surface area contributed by atoms with Gasteiger partial charge in [-0.3, -0.25) is 4.79 Å². The largest absolute Gasteiger partial charge is 0.467 e. The topological polar surface area (TPSA) is 75.8 Å². The number of carbonyl (C=O) groups is 1. The molecule has 0 bridgehead atoms. The van der Waals surface area contributed by atoms with Crippen molar-refractivity contribution in [2.45, 2.75) is 45.6 Å². The first-order chi connectivity index (χ1) is 15.3. The Morgan fingerprint density at radius 2 is 1.88 bits per heavy atom. The molecular weight excluding hydrogens is 426 g/mol. The molecule has 7 nitrogen and oxygen atoms in total. The van der Waals surface area contributed by atoms with E-state index in [2.05, 4.69) is 4.57 Å². The summed E-state index contributed by atoms with van der Waals surface area (Å²) in [5.74, 6) is 0.765. The van der Waals surface area contributed by atoms with Gasteiger partial charge in [0.2, 0.25) is 10.0 Å². The number of benzene rings is 1. The average Bonchev–Trinajstić information content (AvgIpc) is 3.49. The van der Waals surface area contributed by atoms with Crippen LogP contribution in [0.5, 0.6) is 0 Å². The summed E-state index contributed by atoms with van der Waals surface area (Å²) < 4.78 is 34.7. The number of furan rings is 1. The van der Waals surface area contributed by atoms with Gasteiger partial charge in [-0.1, -0.05) is 13.8 Å². The van der Waals surface area contributed by atoms with Crippen LogP contribution in [0.25, 0.3) is 0 Å². The van der Waals surface area contributed by atoms with E-state index in [9.17, 15) is 13.2 Å². The molecule has 1 aromatic carbocycles. The number of carbonyl (C=O) groups excluding carboxylic acids is 1. The van der Waals surface area contributed by atoms with Crippen LogP contribution >= 0.6 is 0 Å². The minimum absolute atomic E-state index is 0.0677. The van der Waals surface area contributed by atoms with Crippen molar-refractivity contribution in [3.63, 3.8) is 0 Å². The van der Waals surface area contributed by atoms with Crippen molar-refractivity contribution in [1.82, 2.24) is 8.87 Å². The number of hydrogen-bond donors (Lipinski definition) is 0. The van der Waals surface area contributed by atoms with Crippen molar-refractivity contribution in [1.29, 1.82) is 0 Å². The number of anilines is 1. The fourth-order valence-corrected chi connectivity index (χ4v) is 5.94. The lowest BCUT2D eigenvalue weighted by Gasteiger charge is -2.20. The van der Waals surface area contributed by atoms with Gasteiger partial charge in [0.05, 0.1) is 23.3 Å². The van der Waals surface area contributed by atoms with Gasteiger partial charge in [0.25, 0.3) is 5.91 Å². The summed E-state index contributed by atoms with van der Waals surface area (Å²) >= 11 is 0. The van der Waals surface area contributed by atoms with Crippen LogP contribution in [0, 0.1) is 13.8 Å². The van der Waals surface area contributed by atoms with Crippen LogP contribution in [0.2, 0.25) is 0 Å². The quantitative estimate of drug-likeness (QED) is 0.540. The molecule has 0 N–H and O–H groups in total. The molecule has 3 heterocycles. The monoisotopic (exact) mass is 455 g/mol. The van der Waals surface area contributed by atoms with Gasteiger partial charge in [0, 0.05) is 36.7 Å². The molecule has 8 heteroatoms. The zero-order valence-electron chi connectivity index (χ0n) is 19.0. The summed E-state index contributed by atoms with van der Waals surface area (Å²) in [6.45, 7) is 9.54. The summed E-state index contributed by atoms with van der Waals surface area (Å²) in [5, 5.41) is 0. The lowest BCUT2D eigenvalue weighted by molar-refractivity contribution is 0.0988. The Labute approximate surface area is 189 Å². The first-order valence-corrected chi connectivity index (χ1v) is 12.4. The van der Waals surface area contributed by atoms with Gasteiger partial charge in [-0.15, -0.1) is 0 Å². The molecule has 32 heavy (non-hydrogen) atoms. The van der Waals surface area contributed by atoms with E-state index in [-0.39, 0.29) is 10.8 Å². The zero-order valence-corrected chi connectivity index (χ0v) is 19.8. The van der Waals surface area contributed by atoms with E-state index in [1.165, 1.54) is 4.31 Å². The standard InChI is InChI=1S/C24H29N3O4S/c1-5-25(6-2)32(29,30)21-9-10-23-19(15-21)11-12-26(23)24(28)22-14-17(3)27(18(22)4)16-20-8-7-13-31-20/h7-10,13-15H,5-6,11-12,16H2,1-4H3. The second-order valence-corrected chi connectivity index (χ2v) is 9.97. The Bertz CT molecular complexity index is 1240. The molecule has 1 amide bonds. The van der Waals surface area contributed by atoms with Crippen molar-refractivity contribution in [3.8, 4) is 0 Å². The fraction of sp³-hybridized carbons (Fsp3) is 0.375. The van der Waals surface area contributed by atoms with Crippen molar-refractivity contribution >= 4 is 21.6 Å². The van der Waals surface area contributed by atoms with Gasteiger partial charge >= 0.3 is 0 Å². The highest BCUT2D eigenvalue weighted by atomic mass is 32.2. The Morgan fingerprint density at radius 1 is 1.12 bits per heavy atom. The van der Waals surface area contributed by atoms with Crippen LogP contribution < -0.4 is 4.90 Å². The summed E-state index contributed by atoms with van der Waals surface area (Å²) in [7, 11) is -3.53. The minimum Gasteiger partial charge on any atom is -0.467 e. The average molecular weight is 456 g/mol. The van der Waals surface area contributed by atoms with Crippen LogP contribution in [0.1, 0.15) is 46.9 Å². The van der Waals surface area contributed by atoms with Gasteiger partial charge in [-0.25, -0.2) is 8.42 Å². The smallest absolute Gasteiger partial charge is 0.260 e. The molecule has 0 fully saturated rings. The van der Waals surface area contributed by atoms with E-state index < -0.39 is 10.0 Å². The van der Waals surface area contributed by atoms with E-state index >= 15 is 0 Å². The van der Waals surface area contributed by atoms with E-state index in [0.717, 1.165) is 28.4 Å². The Kier molecular flexibility index (Phi) is 6.01. The molecule has 0 radical (unpaired) electrons. The molecule has 0 unspecified atom stereocenters. The number of fused-ring (bicyclic) bond motifs is 1. The number of aryl methyl sites for hydroxylation is 1. The van der Waals surface area contributed by atoms with Crippen LogP contribution in [0.15, 0.2) is 52.0 Å². The summed E-state index contributed by atoms with van der Waals surface area (Å²) in [5.41, 5.74) is 4.20.